The van der Waals surface area contributed by atoms with Crippen molar-refractivity contribution in [1.82, 2.24) is 0 Å². The Balaban J connectivity index is 1.87. The van der Waals surface area contributed by atoms with Crippen LogP contribution in [0.5, 0.6) is 0 Å². The summed E-state index contributed by atoms with van der Waals surface area (Å²) >= 11 is 6.02. The van der Waals surface area contributed by atoms with Crippen molar-refractivity contribution in [3.63, 3.8) is 0 Å². The molecule has 0 unspecified atom stereocenters. The fourth-order valence-corrected chi connectivity index (χ4v) is 1.60. The Hall–Kier alpha value is -1.31. The third-order valence-corrected chi connectivity index (χ3v) is 2.62. The summed E-state index contributed by atoms with van der Waals surface area (Å²) in [5.74, 6) is 0. The van der Waals surface area contributed by atoms with Gasteiger partial charge in [0, 0.05) is 5.02 Å². The van der Waals surface area contributed by atoms with E-state index < -0.39 is 0 Å². The molecule has 0 aliphatic carbocycles. The maximum absolute atomic E-state index is 6.02. The standard InChI is InChI=1S/C14H12ClO/c15-14-9-5-4-8-13(14)11-16-10-12-6-2-1-3-7-12/h1-2,4-9H,10-11H2. The molecule has 0 amide bonds. The van der Waals surface area contributed by atoms with Gasteiger partial charge in [-0.1, -0.05) is 48.0 Å². The Labute approximate surface area is 101 Å². The van der Waals surface area contributed by atoms with Gasteiger partial charge in [0.25, 0.3) is 0 Å². The fraction of sp³-hybridized carbons (Fsp3) is 0.143. The zero-order valence-electron chi connectivity index (χ0n) is 8.82. The van der Waals surface area contributed by atoms with Gasteiger partial charge in [0.15, 0.2) is 0 Å². The van der Waals surface area contributed by atoms with Crippen molar-refractivity contribution in [2.24, 2.45) is 0 Å². The summed E-state index contributed by atoms with van der Waals surface area (Å²) in [5.41, 5.74) is 2.14. The Morgan fingerprint density at radius 2 is 1.94 bits per heavy atom. The molecule has 0 saturated heterocycles. The molecule has 1 nitrogen and oxygen atoms in total. The third-order valence-electron chi connectivity index (χ3n) is 2.26. The molecule has 0 fully saturated rings. The first kappa shape index (κ1) is 11.2. The van der Waals surface area contributed by atoms with Crippen LogP contribution in [0.4, 0.5) is 0 Å². The number of hydrogen-bond acceptors (Lipinski definition) is 1. The predicted octanol–water partition coefficient (Wildman–Crippen LogP) is 3.86. The van der Waals surface area contributed by atoms with Crippen molar-refractivity contribution in [2.75, 3.05) is 0 Å². The largest absolute Gasteiger partial charge is 0.372 e. The molecule has 0 aliphatic heterocycles. The highest BCUT2D eigenvalue weighted by atomic mass is 35.5. The average molecular weight is 232 g/mol. The average Bonchev–Trinajstić information content (AvgIpc) is 2.33. The minimum atomic E-state index is 0.536. The smallest absolute Gasteiger partial charge is 0.0735 e. The molecule has 16 heavy (non-hydrogen) atoms. The second kappa shape index (κ2) is 5.69. The number of benzene rings is 2. The zero-order valence-corrected chi connectivity index (χ0v) is 9.58. The van der Waals surface area contributed by atoms with Crippen molar-refractivity contribution in [2.45, 2.75) is 13.2 Å². The van der Waals surface area contributed by atoms with Gasteiger partial charge in [0.1, 0.15) is 0 Å². The Morgan fingerprint density at radius 1 is 1.06 bits per heavy atom. The van der Waals surface area contributed by atoms with E-state index in [0.29, 0.717) is 13.2 Å². The van der Waals surface area contributed by atoms with Crippen LogP contribution < -0.4 is 0 Å². The number of halogens is 1. The van der Waals surface area contributed by atoms with Crippen LogP contribution in [0.1, 0.15) is 11.1 Å². The van der Waals surface area contributed by atoms with E-state index >= 15 is 0 Å². The Kier molecular flexibility index (Phi) is 3.97. The van der Waals surface area contributed by atoms with Gasteiger partial charge in [-0.05, 0) is 29.3 Å². The predicted molar refractivity (Wildman–Crippen MR) is 65.2 cm³/mol. The fourth-order valence-electron chi connectivity index (χ4n) is 1.41. The zero-order chi connectivity index (χ0) is 11.2. The van der Waals surface area contributed by atoms with Crippen LogP contribution in [-0.2, 0) is 18.0 Å². The highest BCUT2D eigenvalue weighted by Crippen LogP contribution is 2.16. The first-order valence-electron chi connectivity index (χ1n) is 5.12. The summed E-state index contributed by atoms with van der Waals surface area (Å²) in [6, 6.07) is 18.5. The monoisotopic (exact) mass is 231 g/mol. The molecule has 0 heterocycles. The van der Waals surface area contributed by atoms with Crippen LogP contribution in [0, 0.1) is 6.07 Å². The molecule has 0 aliphatic rings. The van der Waals surface area contributed by atoms with Crippen molar-refractivity contribution in [3.8, 4) is 0 Å². The van der Waals surface area contributed by atoms with Gasteiger partial charge in [-0.3, -0.25) is 0 Å². The van der Waals surface area contributed by atoms with E-state index in [1.807, 2.05) is 48.5 Å². The van der Waals surface area contributed by atoms with Gasteiger partial charge >= 0.3 is 0 Å². The molecule has 2 rings (SSSR count). The number of hydrogen-bond donors (Lipinski definition) is 0. The highest BCUT2D eigenvalue weighted by Gasteiger charge is 1.98. The molecule has 0 saturated carbocycles. The van der Waals surface area contributed by atoms with Crippen LogP contribution in [0.15, 0.2) is 48.5 Å². The molecule has 2 aromatic rings. The maximum atomic E-state index is 6.02. The molecule has 0 atom stereocenters. The third kappa shape index (κ3) is 3.09. The molecule has 81 valence electrons. The van der Waals surface area contributed by atoms with E-state index in [9.17, 15) is 0 Å². The topological polar surface area (TPSA) is 9.23 Å². The lowest BCUT2D eigenvalue weighted by molar-refractivity contribution is 0.107. The summed E-state index contributed by atoms with van der Waals surface area (Å²) < 4.78 is 5.58. The number of ether oxygens (including phenoxy) is 1. The quantitative estimate of drug-likeness (QED) is 0.777. The van der Waals surface area contributed by atoms with Gasteiger partial charge in [0.2, 0.25) is 0 Å². The second-order valence-electron chi connectivity index (χ2n) is 3.50. The molecule has 0 N–H and O–H groups in total. The van der Waals surface area contributed by atoms with Gasteiger partial charge in [-0.15, -0.1) is 0 Å². The summed E-state index contributed by atoms with van der Waals surface area (Å²) in [4.78, 5) is 0. The van der Waals surface area contributed by atoms with Crippen molar-refractivity contribution >= 4 is 11.6 Å². The Bertz CT molecular complexity index is 439. The van der Waals surface area contributed by atoms with Crippen LogP contribution in [0.25, 0.3) is 0 Å². The summed E-state index contributed by atoms with van der Waals surface area (Å²) in [5, 5.41) is 0.752. The van der Waals surface area contributed by atoms with E-state index in [-0.39, 0.29) is 0 Å². The lowest BCUT2D eigenvalue weighted by Crippen LogP contribution is -1.94. The minimum Gasteiger partial charge on any atom is -0.372 e. The van der Waals surface area contributed by atoms with E-state index in [1.165, 1.54) is 0 Å². The lowest BCUT2D eigenvalue weighted by atomic mass is 10.2. The minimum absolute atomic E-state index is 0.536. The van der Waals surface area contributed by atoms with E-state index in [0.717, 1.165) is 16.1 Å². The molecule has 2 heteroatoms. The second-order valence-corrected chi connectivity index (χ2v) is 3.90. The summed E-state index contributed by atoms with van der Waals surface area (Å²) in [6.07, 6.45) is 0. The van der Waals surface area contributed by atoms with Gasteiger partial charge in [0.05, 0.1) is 13.2 Å². The summed E-state index contributed by atoms with van der Waals surface area (Å²) in [7, 11) is 0. The van der Waals surface area contributed by atoms with Gasteiger partial charge in [-0.2, -0.15) is 0 Å². The highest BCUT2D eigenvalue weighted by molar-refractivity contribution is 6.31. The summed E-state index contributed by atoms with van der Waals surface area (Å²) in [6.45, 7) is 1.12. The van der Waals surface area contributed by atoms with Crippen LogP contribution in [0.3, 0.4) is 0 Å². The molecule has 2 aromatic carbocycles. The molecule has 1 radical (unpaired) electrons. The molecular weight excluding hydrogens is 220 g/mol. The van der Waals surface area contributed by atoms with Gasteiger partial charge in [-0.25, -0.2) is 0 Å². The normalized spacial score (nSPS) is 10.3. The van der Waals surface area contributed by atoms with E-state index in [4.69, 9.17) is 16.3 Å². The van der Waals surface area contributed by atoms with Crippen molar-refractivity contribution < 1.29 is 4.74 Å². The molecule has 0 spiro atoms. The lowest BCUT2D eigenvalue weighted by Gasteiger charge is -2.05. The first-order chi connectivity index (χ1) is 7.86. The first-order valence-corrected chi connectivity index (χ1v) is 5.50. The molecule has 0 bridgehead atoms. The number of rotatable bonds is 4. The van der Waals surface area contributed by atoms with E-state index in [1.54, 1.807) is 0 Å². The van der Waals surface area contributed by atoms with Crippen molar-refractivity contribution in [3.05, 3.63) is 70.7 Å². The Morgan fingerprint density at radius 3 is 2.69 bits per heavy atom. The van der Waals surface area contributed by atoms with Gasteiger partial charge < -0.3 is 4.74 Å². The SMILES string of the molecule is Clc1ccccc1COCc1c[c]ccc1. The molecular formula is C14H12ClO. The van der Waals surface area contributed by atoms with Crippen LogP contribution >= 0.6 is 11.6 Å². The van der Waals surface area contributed by atoms with Crippen molar-refractivity contribution in [1.29, 1.82) is 0 Å². The van der Waals surface area contributed by atoms with Crippen LogP contribution in [0.2, 0.25) is 5.02 Å². The van der Waals surface area contributed by atoms with Crippen LogP contribution in [-0.4, -0.2) is 0 Å². The maximum Gasteiger partial charge on any atom is 0.0735 e. The molecule has 0 aromatic heterocycles. The van der Waals surface area contributed by atoms with E-state index in [2.05, 4.69) is 6.07 Å².